The Morgan fingerprint density at radius 1 is 1.41 bits per heavy atom. The van der Waals surface area contributed by atoms with Crippen LogP contribution in [0.4, 0.5) is 11.4 Å². The number of carbonyl (C=O) groups is 1. The highest BCUT2D eigenvalue weighted by atomic mass is 35.5. The van der Waals surface area contributed by atoms with E-state index >= 15 is 0 Å². The third-order valence-electron chi connectivity index (χ3n) is 4.02. The van der Waals surface area contributed by atoms with E-state index < -0.39 is 13.0 Å². The van der Waals surface area contributed by atoms with Crippen LogP contribution < -0.4 is 10.1 Å². The van der Waals surface area contributed by atoms with Gasteiger partial charge in [-0.3, -0.25) is 0 Å². The highest BCUT2D eigenvalue weighted by molar-refractivity contribution is 6.29. The van der Waals surface area contributed by atoms with Crippen LogP contribution in [0, 0.1) is 0 Å². The molecular weight excluding hydrogens is 372 g/mol. The van der Waals surface area contributed by atoms with Gasteiger partial charge in [0.2, 0.25) is 0 Å². The Kier molecular flexibility index (Phi) is 3.53. The fourth-order valence-electron chi connectivity index (χ4n) is 2.60. The van der Waals surface area contributed by atoms with Crippen LogP contribution in [0.2, 0.25) is 5.15 Å². The van der Waals surface area contributed by atoms with E-state index in [9.17, 15) is 9.90 Å². The molecule has 0 bridgehead atoms. The zero-order valence-corrected chi connectivity index (χ0v) is 14.5. The Balaban J connectivity index is 1.79. The van der Waals surface area contributed by atoms with Gasteiger partial charge in [-0.1, -0.05) is 17.7 Å². The summed E-state index contributed by atoms with van der Waals surface area (Å²) in [6.07, 6.45) is 3.61. The van der Waals surface area contributed by atoms with E-state index in [1.54, 1.807) is 23.1 Å². The molecule has 1 saturated carbocycles. The van der Waals surface area contributed by atoms with Crippen LogP contribution in [0.15, 0.2) is 30.6 Å². The van der Waals surface area contributed by atoms with Crippen LogP contribution in [-0.2, 0) is 0 Å². The van der Waals surface area contributed by atoms with Gasteiger partial charge in [-0.2, -0.15) is 5.10 Å². The molecular formula is C17H15ClN6O3. The lowest BCUT2D eigenvalue weighted by Crippen LogP contribution is -2.08. The molecule has 2 aromatic heterocycles. The fraction of sp³-hybridized carbons (Fsp3) is 0.235. The molecule has 0 saturated heterocycles. The van der Waals surface area contributed by atoms with E-state index in [2.05, 4.69) is 25.6 Å². The van der Waals surface area contributed by atoms with E-state index in [0.29, 0.717) is 11.6 Å². The van der Waals surface area contributed by atoms with Crippen molar-refractivity contribution in [3.8, 4) is 17.1 Å². The van der Waals surface area contributed by atoms with Gasteiger partial charge < -0.3 is 15.2 Å². The molecule has 10 heteroatoms. The zero-order valence-electron chi connectivity index (χ0n) is 16.8. The zero-order chi connectivity index (χ0) is 21.5. The van der Waals surface area contributed by atoms with Gasteiger partial charge in [0.05, 0.1) is 34.1 Å². The molecule has 0 amide bonds. The minimum absolute atomic E-state index is 0.0199. The first-order valence-electron chi connectivity index (χ1n) is 9.48. The Morgan fingerprint density at radius 2 is 2.26 bits per heavy atom. The molecule has 1 fully saturated rings. The summed E-state index contributed by atoms with van der Waals surface area (Å²) in [6.45, 7) is 0. The molecule has 0 atom stereocenters. The molecule has 2 heterocycles. The van der Waals surface area contributed by atoms with Crippen molar-refractivity contribution in [2.45, 2.75) is 18.9 Å². The Labute approximate surface area is 163 Å². The molecule has 0 aliphatic heterocycles. The van der Waals surface area contributed by atoms with Crippen LogP contribution >= 0.6 is 11.6 Å². The van der Waals surface area contributed by atoms with Gasteiger partial charge in [0.1, 0.15) is 6.33 Å². The number of anilines is 2. The standard InChI is InChI=1S/C17H15ClN6O3/c1-27-15-10(16-19-8-24(23-16)9-5-6-9)3-2-4-11(15)20-12-7-13(18)21-22-14(12)17(25)26/h2-4,7-9H,5-6H2,1H3,(H,20,21)(H,25,26)/i1D3. The van der Waals surface area contributed by atoms with Gasteiger partial charge in [-0.15, -0.1) is 10.2 Å². The van der Waals surface area contributed by atoms with Crippen LogP contribution in [0.5, 0.6) is 5.75 Å². The number of aromatic carboxylic acids is 1. The van der Waals surface area contributed by atoms with Crippen molar-refractivity contribution in [3.05, 3.63) is 41.4 Å². The smallest absolute Gasteiger partial charge is 0.358 e. The summed E-state index contributed by atoms with van der Waals surface area (Å²) >= 11 is 5.85. The first-order valence-corrected chi connectivity index (χ1v) is 8.36. The minimum Gasteiger partial charge on any atom is -0.494 e. The quantitative estimate of drug-likeness (QED) is 0.660. The molecule has 0 unspecified atom stereocenters. The van der Waals surface area contributed by atoms with Gasteiger partial charge in [-0.25, -0.2) is 14.5 Å². The second-order valence-corrected chi connectivity index (χ2v) is 6.31. The Hall–Kier alpha value is -3.20. The molecule has 1 aliphatic carbocycles. The summed E-state index contributed by atoms with van der Waals surface area (Å²) in [7, 11) is -2.77. The fourth-order valence-corrected chi connectivity index (χ4v) is 2.75. The summed E-state index contributed by atoms with van der Waals surface area (Å²) in [5.41, 5.74) is 0.144. The van der Waals surface area contributed by atoms with E-state index in [0.717, 1.165) is 12.8 Å². The monoisotopic (exact) mass is 389 g/mol. The van der Waals surface area contributed by atoms with Gasteiger partial charge in [0.25, 0.3) is 0 Å². The minimum atomic E-state index is -2.77. The van der Waals surface area contributed by atoms with Crippen LogP contribution in [0.3, 0.4) is 0 Å². The molecule has 3 aromatic rings. The number of hydrogen-bond acceptors (Lipinski definition) is 7. The summed E-state index contributed by atoms with van der Waals surface area (Å²) in [4.78, 5) is 15.7. The number of carboxylic acids is 1. The van der Waals surface area contributed by atoms with Gasteiger partial charge in [-0.05, 0) is 25.0 Å². The molecule has 9 nitrogen and oxygen atoms in total. The van der Waals surface area contributed by atoms with E-state index in [4.69, 9.17) is 20.5 Å². The molecule has 138 valence electrons. The lowest BCUT2D eigenvalue weighted by atomic mass is 10.1. The van der Waals surface area contributed by atoms with E-state index in [-0.39, 0.29) is 33.8 Å². The average molecular weight is 390 g/mol. The lowest BCUT2D eigenvalue weighted by Gasteiger charge is -2.14. The van der Waals surface area contributed by atoms with Gasteiger partial charge >= 0.3 is 5.97 Å². The van der Waals surface area contributed by atoms with E-state index in [1.807, 2.05) is 0 Å². The maximum absolute atomic E-state index is 11.5. The maximum Gasteiger partial charge on any atom is 0.358 e. The predicted octanol–water partition coefficient (Wildman–Crippen LogP) is 3.17. The van der Waals surface area contributed by atoms with Crippen LogP contribution in [0.25, 0.3) is 11.4 Å². The summed E-state index contributed by atoms with van der Waals surface area (Å²) in [5, 5.41) is 23.7. The van der Waals surface area contributed by atoms with Crippen molar-refractivity contribution in [2.75, 3.05) is 12.4 Å². The number of nitrogens with zero attached hydrogens (tertiary/aromatic N) is 5. The number of halogens is 1. The molecule has 0 radical (unpaired) electrons. The van der Waals surface area contributed by atoms with Crippen molar-refractivity contribution >= 4 is 28.9 Å². The number of nitrogens with one attached hydrogen (secondary N) is 1. The number of carboxylic acid groups (broad SMARTS) is 1. The number of hydrogen-bond donors (Lipinski definition) is 2. The molecule has 27 heavy (non-hydrogen) atoms. The van der Waals surface area contributed by atoms with Crippen LogP contribution in [-0.4, -0.2) is 43.1 Å². The highest BCUT2D eigenvalue weighted by Gasteiger charge is 2.26. The second-order valence-electron chi connectivity index (χ2n) is 5.92. The Morgan fingerprint density at radius 3 is 3.00 bits per heavy atom. The predicted molar refractivity (Wildman–Crippen MR) is 97.6 cm³/mol. The van der Waals surface area contributed by atoms with Gasteiger partial charge in [0.15, 0.2) is 22.4 Å². The molecule has 1 aliphatic rings. The number of ether oxygens (including phenoxy) is 1. The van der Waals surface area contributed by atoms with Crippen molar-refractivity contribution in [3.63, 3.8) is 0 Å². The van der Waals surface area contributed by atoms with Crippen LogP contribution in [0.1, 0.15) is 33.5 Å². The van der Waals surface area contributed by atoms with Gasteiger partial charge in [0, 0.05) is 6.07 Å². The van der Waals surface area contributed by atoms with Crippen molar-refractivity contribution < 1.29 is 18.8 Å². The summed E-state index contributed by atoms with van der Waals surface area (Å²) in [6, 6.07) is 6.35. The normalized spacial score (nSPS) is 15.5. The highest BCUT2D eigenvalue weighted by Crippen LogP contribution is 2.38. The number of para-hydroxylation sites is 1. The Bertz CT molecular complexity index is 1120. The lowest BCUT2D eigenvalue weighted by molar-refractivity contribution is 0.0690. The largest absolute Gasteiger partial charge is 0.494 e. The molecule has 2 N–H and O–H groups in total. The first-order chi connectivity index (χ1) is 14.2. The van der Waals surface area contributed by atoms with Crippen molar-refractivity contribution in [2.24, 2.45) is 0 Å². The van der Waals surface area contributed by atoms with Crippen molar-refractivity contribution in [1.82, 2.24) is 25.0 Å². The number of benzene rings is 1. The molecule has 1 aromatic carbocycles. The van der Waals surface area contributed by atoms with E-state index in [1.165, 1.54) is 12.1 Å². The number of methoxy groups -OCH3 is 1. The number of aromatic nitrogens is 5. The first kappa shape index (κ1) is 13.9. The molecule has 0 spiro atoms. The average Bonchev–Trinajstić information content (AvgIpc) is 3.39. The SMILES string of the molecule is [2H]C([2H])([2H])Oc1c(Nc2cc(Cl)nnc2C(=O)O)cccc1-c1ncn(C2CC2)n1. The maximum atomic E-state index is 11.5. The summed E-state index contributed by atoms with van der Waals surface area (Å²) < 4.78 is 29.6. The van der Waals surface area contributed by atoms with Crippen molar-refractivity contribution in [1.29, 1.82) is 0 Å². The summed E-state index contributed by atoms with van der Waals surface area (Å²) in [5.74, 6) is -1.11. The second kappa shape index (κ2) is 6.84. The molecule has 4 rings (SSSR count). The number of rotatable bonds is 6. The third kappa shape index (κ3) is 3.41. The third-order valence-corrected chi connectivity index (χ3v) is 4.21. The topological polar surface area (TPSA) is 115 Å².